The van der Waals surface area contributed by atoms with Crippen LogP contribution in [0.3, 0.4) is 0 Å². The zero-order chi connectivity index (χ0) is 16.0. The van der Waals surface area contributed by atoms with Gasteiger partial charge in [-0.15, -0.1) is 0 Å². The van der Waals surface area contributed by atoms with E-state index in [-0.39, 0.29) is 6.61 Å². The highest BCUT2D eigenvalue weighted by Gasteiger charge is 2.21. The van der Waals surface area contributed by atoms with E-state index in [0.717, 1.165) is 19.3 Å². The second-order valence-corrected chi connectivity index (χ2v) is 7.67. The first-order chi connectivity index (χ1) is 10.0. The van der Waals surface area contributed by atoms with Gasteiger partial charge in [0.15, 0.2) is 0 Å². The molecular formula is C16H34O4S. The van der Waals surface area contributed by atoms with Crippen molar-refractivity contribution in [3.05, 3.63) is 0 Å². The van der Waals surface area contributed by atoms with Gasteiger partial charge in [-0.05, 0) is 19.3 Å². The molecule has 5 heteroatoms. The molecule has 0 heterocycles. The standard InChI is InChI=1S/C16H34O4S/c1-2-3-4-5-6-7-8-9-10-11-13-16(14-12-15-17)21(18,19)20/h16-17H,2-15H2,1H3,(H,18,19,20). The zero-order valence-corrected chi connectivity index (χ0v) is 14.4. The number of rotatable bonds is 15. The Labute approximate surface area is 131 Å². The summed E-state index contributed by atoms with van der Waals surface area (Å²) in [5, 5.41) is 8.05. The highest BCUT2D eigenvalue weighted by Crippen LogP contribution is 2.17. The van der Waals surface area contributed by atoms with E-state index in [1.807, 2.05) is 0 Å². The first kappa shape index (κ1) is 20.9. The van der Waals surface area contributed by atoms with Crippen LogP contribution in [0.4, 0.5) is 0 Å². The molecule has 1 unspecified atom stereocenters. The minimum absolute atomic E-state index is 0.0238. The van der Waals surface area contributed by atoms with Crippen LogP contribution < -0.4 is 0 Å². The van der Waals surface area contributed by atoms with Gasteiger partial charge < -0.3 is 5.11 Å². The lowest BCUT2D eigenvalue weighted by Crippen LogP contribution is -2.20. The third-order valence-corrected chi connectivity index (χ3v) is 5.30. The lowest BCUT2D eigenvalue weighted by atomic mass is 10.0. The first-order valence-electron chi connectivity index (χ1n) is 8.59. The summed E-state index contributed by atoms with van der Waals surface area (Å²) in [6.07, 6.45) is 13.4. The molecule has 2 N–H and O–H groups in total. The molecular weight excluding hydrogens is 288 g/mol. The second-order valence-electron chi connectivity index (χ2n) is 5.97. The molecule has 21 heavy (non-hydrogen) atoms. The van der Waals surface area contributed by atoms with Gasteiger partial charge in [0.25, 0.3) is 10.1 Å². The normalized spacial score (nSPS) is 13.5. The predicted molar refractivity (Wildman–Crippen MR) is 88.1 cm³/mol. The Morgan fingerprint density at radius 2 is 1.19 bits per heavy atom. The molecule has 0 rings (SSSR count). The molecule has 0 aliphatic carbocycles. The lowest BCUT2D eigenvalue weighted by Gasteiger charge is -2.12. The molecule has 0 saturated carbocycles. The van der Waals surface area contributed by atoms with Crippen molar-refractivity contribution in [3.63, 3.8) is 0 Å². The highest BCUT2D eigenvalue weighted by atomic mass is 32.2. The predicted octanol–water partition coefficient (Wildman–Crippen LogP) is 4.33. The van der Waals surface area contributed by atoms with Gasteiger partial charge in [0.2, 0.25) is 0 Å². The van der Waals surface area contributed by atoms with E-state index < -0.39 is 15.4 Å². The van der Waals surface area contributed by atoms with Gasteiger partial charge in [-0.3, -0.25) is 4.55 Å². The van der Waals surface area contributed by atoms with Crippen LogP contribution in [0.1, 0.15) is 90.4 Å². The molecule has 0 spiro atoms. The molecule has 0 saturated heterocycles. The fourth-order valence-corrected chi connectivity index (χ4v) is 3.55. The van der Waals surface area contributed by atoms with Crippen LogP contribution in [0.15, 0.2) is 0 Å². The Kier molecular flexibility index (Phi) is 13.4. The maximum absolute atomic E-state index is 11.2. The molecule has 0 aliphatic rings. The molecule has 4 nitrogen and oxygen atoms in total. The smallest absolute Gasteiger partial charge is 0.267 e. The van der Waals surface area contributed by atoms with E-state index in [1.165, 1.54) is 44.9 Å². The molecule has 0 fully saturated rings. The molecule has 0 amide bonds. The van der Waals surface area contributed by atoms with E-state index in [0.29, 0.717) is 19.3 Å². The van der Waals surface area contributed by atoms with Gasteiger partial charge in [0.05, 0.1) is 5.25 Å². The average molecular weight is 323 g/mol. The fraction of sp³-hybridized carbons (Fsp3) is 1.00. The Morgan fingerprint density at radius 1 is 0.762 bits per heavy atom. The lowest BCUT2D eigenvalue weighted by molar-refractivity contribution is 0.281. The van der Waals surface area contributed by atoms with Crippen LogP contribution >= 0.6 is 0 Å². The molecule has 0 aromatic carbocycles. The third-order valence-electron chi connectivity index (χ3n) is 3.99. The zero-order valence-electron chi connectivity index (χ0n) is 13.6. The maximum Gasteiger partial charge on any atom is 0.267 e. The fourth-order valence-electron chi connectivity index (χ4n) is 2.62. The van der Waals surface area contributed by atoms with E-state index in [4.69, 9.17) is 9.66 Å². The monoisotopic (exact) mass is 322 g/mol. The van der Waals surface area contributed by atoms with Crippen molar-refractivity contribution in [2.75, 3.05) is 6.61 Å². The molecule has 0 aromatic heterocycles. The number of aliphatic hydroxyl groups excluding tert-OH is 1. The van der Waals surface area contributed by atoms with Gasteiger partial charge in [-0.1, -0.05) is 71.1 Å². The molecule has 0 bridgehead atoms. The SMILES string of the molecule is CCCCCCCCCCCCC(CCCO)S(=O)(=O)O. The van der Waals surface area contributed by atoms with E-state index in [9.17, 15) is 8.42 Å². The van der Waals surface area contributed by atoms with Crippen molar-refractivity contribution in [3.8, 4) is 0 Å². The van der Waals surface area contributed by atoms with Gasteiger partial charge in [0.1, 0.15) is 0 Å². The minimum Gasteiger partial charge on any atom is -0.396 e. The number of aliphatic hydroxyl groups is 1. The minimum atomic E-state index is -3.96. The van der Waals surface area contributed by atoms with Crippen molar-refractivity contribution in [2.24, 2.45) is 0 Å². The van der Waals surface area contributed by atoms with Crippen LogP contribution in [-0.4, -0.2) is 29.9 Å². The quantitative estimate of drug-likeness (QED) is 0.348. The summed E-state index contributed by atoms with van der Waals surface area (Å²) in [4.78, 5) is 0. The van der Waals surface area contributed by atoms with Crippen molar-refractivity contribution < 1.29 is 18.1 Å². The first-order valence-corrected chi connectivity index (χ1v) is 10.1. The van der Waals surface area contributed by atoms with Crippen LogP contribution in [-0.2, 0) is 10.1 Å². The summed E-state index contributed by atoms with van der Waals surface area (Å²) in [5.74, 6) is 0. The molecule has 1 atom stereocenters. The van der Waals surface area contributed by atoms with Crippen LogP contribution in [0.5, 0.6) is 0 Å². The maximum atomic E-state index is 11.2. The van der Waals surface area contributed by atoms with Gasteiger partial charge in [0, 0.05) is 6.61 Å². The summed E-state index contributed by atoms with van der Waals surface area (Å²) in [5.41, 5.74) is 0. The largest absolute Gasteiger partial charge is 0.396 e. The van der Waals surface area contributed by atoms with Crippen LogP contribution in [0.25, 0.3) is 0 Å². The van der Waals surface area contributed by atoms with Gasteiger partial charge in [-0.25, -0.2) is 0 Å². The van der Waals surface area contributed by atoms with E-state index in [2.05, 4.69) is 6.92 Å². The number of unbranched alkanes of at least 4 members (excludes halogenated alkanes) is 9. The molecule has 128 valence electrons. The summed E-state index contributed by atoms with van der Waals surface area (Å²) in [6, 6.07) is 0. The Morgan fingerprint density at radius 3 is 1.62 bits per heavy atom. The van der Waals surface area contributed by atoms with Crippen molar-refractivity contribution in [2.45, 2.75) is 95.6 Å². The van der Waals surface area contributed by atoms with Crippen LogP contribution in [0.2, 0.25) is 0 Å². The van der Waals surface area contributed by atoms with Crippen molar-refractivity contribution in [1.82, 2.24) is 0 Å². The summed E-state index contributed by atoms with van der Waals surface area (Å²) >= 11 is 0. The van der Waals surface area contributed by atoms with Crippen LogP contribution in [0, 0.1) is 0 Å². The Balaban J connectivity index is 3.54. The highest BCUT2D eigenvalue weighted by molar-refractivity contribution is 7.86. The summed E-state index contributed by atoms with van der Waals surface area (Å²) in [6.45, 7) is 2.20. The number of hydrogen-bond donors (Lipinski definition) is 2. The number of hydrogen-bond acceptors (Lipinski definition) is 3. The topological polar surface area (TPSA) is 74.6 Å². The van der Waals surface area contributed by atoms with E-state index >= 15 is 0 Å². The Bertz CT molecular complexity index is 314. The Hall–Kier alpha value is -0.130. The van der Waals surface area contributed by atoms with Crippen molar-refractivity contribution >= 4 is 10.1 Å². The molecule has 0 aliphatic heterocycles. The van der Waals surface area contributed by atoms with Gasteiger partial charge >= 0.3 is 0 Å². The molecule has 0 radical (unpaired) electrons. The van der Waals surface area contributed by atoms with E-state index in [1.54, 1.807) is 0 Å². The molecule has 0 aromatic rings. The average Bonchev–Trinajstić information content (AvgIpc) is 2.42. The van der Waals surface area contributed by atoms with Gasteiger partial charge in [-0.2, -0.15) is 8.42 Å². The van der Waals surface area contributed by atoms with Crippen molar-refractivity contribution in [1.29, 1.82) is 0 Å². The summed E-state index contributed by atoms with van der Waals surface area (Å²) < 4.78 is 31.5. The second kappa shape index (κ2) is 13.5. The third kappa shape index (κ3) is 13.3. The summed E-state index contributed by atoms with van der Waals surface area (Å²) in [7, 11) is -3.96.